The standard InChI is InChI=1S/C8H19B2N7/c1-7(2)17-9(3)15(5)6-16(10(17)4)8-11-13-14-12-8/h7H,6H2,1-5H3,(H,11,12,13,14). The van der Waals surface area contributed by atoms with E-state index in [1.165, 1.54) is 0 Å². The van der Waals surface area contributed by atoms with Crippen LogP contribution in [0.4, 0.5) is 5.95 Å². The number of H-pyrrole nitrogens is 1. The summed E-state index contributed by atoms with van der Waals surface area (Å²) in [6.07, 6.45) is 0. The Bertz CT molecular complexity index is 357. The van der Waals surface area contributed by atoms with E-state index in [2.05, 4.69) is 69.5 Å². The highest BCUT2D eigenvalue weighted by Gasteiger charge is 2.41. The minimum Gasteiger partial charge on any atom is -0.356 e. The zero-order chi connectivity index (χ0) is 12.6. The summed E-state index contributed by atoms with van der Waals surface area (Å²) in [5.74, 6) is 0.655. The van der Waals surface area contributed by atoms with Gasteiger partial charge < -0.3 is 14.3 Å². The largest absolute Gasteiger partial charge is 0.356 e. The molecule has 92 valence electrons. The lowest BCUT2D eigenvalue weighted by molar-refractivity contribution is 0.404. The molecule has 0 atom stereocenters. The Morgan fingerprint density at radius 3 is 2.53 bits per heavy atom. The molecule has 2 rings (SSSR count). The third kappa shape index (κ3) is 2.16. The van der Waals surface area contributed by atoms with Crippen LogP contribution in [0.2, 0.25) is 13.6 Å². The van der Waals surface area contributed by atoms with Crippen LogP contribution >= 0.6 is 0 Å². The Morgan fingerprint density at radius 1 is 1.29 bits per heavy atom. The molecule has 0 aromatic carbocycles. The zero-order valence-electron chi connectivity index (χ0n) is 11.1. The minimum atomic E-state index is 0.263. The van der Waals surface area contributed by atoms with Crippen molar-refractivity contribution in [2.75, 3.05) is 18.5 Å². The monoisotopic (exact) mass is 235 g/mol. The average molecular weight is 235 g/mol. The highest BCUT2D eigenvalue weighted by Crippen LogP contribution is 2.20. The molecule has 9 heteroatoms. The van der Waals surface area contributed by atoms with Gasteiger partial charge in [-0.2, -0.15) is 5.21 Å². The second-order valence-corrected chi connectivity index (χ2v) is 4.88. The Morgan fingerprint density at radius 2 is 2.00 bits per heavy atom. The fraction of sp³-hybridized carbons (Fsp3) is 0.875. The number of anilines is 1. The van der Waals surface area contributed by atoms with Crippen molar-refractivity contribution in [3.63, 3.8) is 0 Å². The van der Waals surface area contributed by atoms with E-state index in [1.54, 1.807) is 0 Å². The average Bonchev–Trinajstić information content (AvgIpc) is 2.76. The van der Waals surface area contributed by atoms with Crippen molar-refractivity contribution in [3.8, 4) is 0 Å². The first-order valence-corrected chi connectivity index (χ1v) is 6.00. The Labute approximate surface area is 103 Å². The molecule has 1 aromatic heterocycles. The summed E-state index contributed by atoms with van der Waals surface area (Å²) in [7, 11) is 2.11. The molecule has 0 aliphatic carbocycles. The predicted octanol–water partition coefficient (Wildman–Crippen LogP) is -0.145. The van der Waals surface area contributed by atoms with E-state index < -0.39 is 0 Å². The maximum Gasteiger partial charge on any atom is 0.333 e. The Hall–Kier alpha value is -1.08. The van der Waals surface area contributed by atoms with Crippen LogP contribution in [0.1, 0.15) is 13.8 Å². The van der Waals surface area contributed by atoms with Gasteiger partial charge in [-0.3, -0.25) is 0 Å². The van der Waals surface area contributed by atoms with Crippen LogP contribution in [0.3, 0.4) is 0 Å². The molecule has 0 saturated carbocycles. The molecular formula is C8H19B2N7. The second-order valence-electron chi connectivity index (χ2n) is 4.88. The smallest absolute Gasteiger partial charge is 0.333 e. The fourth-order valence-electron chi connectivity index (χ4n) is 2.55. The second kappa shape index (κ2) is 4.66. The van der Waals surface area contributed by atoms with Crippen LogP contribution in [0.5, 0.6) is 0 Å². The van der Waals surface area contributed by atoms with Gasteiger partial charge in [0.1, 0.15) is 0 Å². The van der Waals surface area contributed by atoms with Crippen molar-refractivity contribution >= 4 is 19.9 Å². The number of nitrogens with zero attached hydrogens (tertiary/aromatic N) is 6. The van der Waals surface area contributed by atoms with Crippen molar-refractivity contribution in [2.24, 2.45) is 0 Å². The van der Waals surface area contributed by atoms with Crippen molar-refractivity contribution < 1.29 is 0 Å². The number of rotatable bonds is 2. The maximum absolute atomic E-state index is 4.07. The summed E-state index contributed by atoms with van der Waals surface area (Å²) in [4.78, 5) is 4.42. The molecule has 0 bridgehead atoms. The summed E-state index contributed by atoms with van der Waals surface area (Å²) >= 11 is 0. The third-order valence-corrected chi connectivity index (χ3v) is 3.51. The van der Waals surface area contributed by atoms with Gasteiger partial charge in [-0.25, -0.2) is 0 Å². The molecule has 2 heterocycles. The normalized spacial score (nSPS) is 19.5. The molecule has 1 aliphatic heterocycles. The van der Waals surface area contributed by atoms with Gasteiger partial charge in [0.2, 0.25) is 0 Å². The number of aromatic nitrogens is 4. The molecule has 0 spiro atoms. The highest BCUT2D eigenvalue weighted by molar-refractivity contribution is 6.73. The van der Waals surface area contributed by atoms with E-state index in [1.807, 2.05) is 0 Å². The molecule has 0 amide bonds. The zero-order valence-corrected chi connectivity index (χ0v) is 11.1. The number of nitrogens with one attached hydrogen (secondary N) is 1. The lowest BCUT2D eigenvalue weighted by Crippen LogP contribution is -2.70. The van der Waals surface area contributed by atoms with Gasteiger partial charge in [-0.1, -0.05) is 32.6 Å². The van der Waals surface area contributed by atoms with Gasteiger partial charge in [-0.15, -0.1) is 5.10 Å². The number of hydrogen-bond acceptors (Lipinski definition) is 6. The van der Waals surface area contributed by atoms with Gasteiger partial charge in [0, 0.05) is 0 Å². The molecule has 0 radical (unpaired) electrons. The van der Waals surface area contributed by atoms with Crippen LogP contribution in [0.25, 0.3) is 0 Å². The Balaban J connectivity index is 2.25. The van der Waals surface area contributed by atoms with Crippen LogP contribution in [-0.2, 0) is 0 Å². The van der Waals surface area contributed by atoms with Gasteiger partial charge in [-0.05, 0) is 18.3 Å². The first kappa shape index (κ1) is 12.4. The molecule has 1 fully saturated rings. The van der Waals surface area contributed by atoms with E-state index in [0.29, 0.717) is 19.0 Å². The van der Waals surface area contributed by atoms with E-state index in [0.717, 1.165) is 6.67 Å². The SMILES string of the molecule is CB1N(C)CN(c2nn[nH]n2)B(C)N1C(C)C. The Kier molecular flexibility index (Phi) is 3.39. The molecule has 7 nitrogen and oxygen atoms in total. The van der Waals surface area contributed by atoms with E-state index in [4.69, 9.17) is 0 Å². The van der Waals surface area contributed by atoms with Crippen molar-refractivity contribution in [2.45, 2.75) is 33.5 Å². The van der Waals surface area contributed by atoms with E-state index >= 15 is 0 Å². The third-order valence-electron chi connectivity index (χ3n) is 3.51. The summed E-state index contributed by atoms with van der Waals surface area (Å²) < 4.78 is 2.43. The fourth-order valence-corrected chi connectivity index (χ4v) is 2.55. The molecule has 1 N–H and O–H groups in total. The number of tetrazole rings is 1. The molecule has 17 heavy (non-hydrogen) atoms. The molecule has 1 aliphatic rings. The van der Waals surface area contributed by atoms with Crippen LogP contribution in [0, 0.1) is 0 Å². The topological polar surface area (TPSA) is 64.2 Å². The quantitative estimate of drug-likeness (QED) is 0.719. The number of hydrogen-bond donors (Lipinski definition) is 1. The lowest BCUT2D eigenvalue weighted by Gasteiger charge is -2.48. The van der Waals surface area contributed by atoms with E-state index in [-0.39, 0.29) is 6.98 Å². The molecule has 0 unspecified atom stereocenters. The summed E-state index contributed by atoms with van der Waals surface area (Å²) in [5, 5.41) is 14.3. The highest BCUT2D eigenvalue weighted by atomic mass is 15.5. The van der Waals surface area contributed by atoms with Gasteiger partial charge in [0.05, 0.1) is 6.67 Å². The van der Waals surface area contributed by atoms with Crippen LogP contribution in [0.15, 0.2) is 0 Å². The van der Waals surface area contributed by atoms with E-state index in [9.17, 15) is 0 Å². The van der Waals surface area contributed by atoms with Crippen molar-refractivity contribution in [1.82, 2.24) is 30.2 Å². The van der Waals surface area contributed by atoms with Gasteiger partial charge in [0.25, 0.3) is 12.9 Å². The molecule has 1 aromatic rings. The van der Waals surface area contributed by atoms with Crippen LogP contribution in [-0.4, -0.2) is 63.9 Å². The summed E-state index contributed by atoms with van der Waals surface area (Å²) in [6.45, 7) is 10.3. The predicted molar refractivity (Wildman–Crippen MR) is 69.5 cm³/mol. The number of aromatic amines is 1. The van der Waals surface area contributed by atoms with Crippen molar-refractivity contribution in [3.05, 3.63) is 0 Å². The van der Waals surface area contributed by atoms with Gasteiger partial charge >= 0.3 is 6.98 Å². The summed E-state index contributed by atoms with van der Waals surface area (Å²) in [6, 6.07) is 0.470. The maximum atomic E-state index is 4.07. The molecule has 1 saturated heterocycles. The summed E-state index contributed by atoms with van der Waals surface area (Å²) in [5.41, 5.74) is 0. The van der Waals surface area contributed by atoms with Crippen LogP contribution < -0.4 is 4.81 Å². The minimum absolute atomic E-state index is 0.263. The lowest BCUT2D eigenvalue weighted by atomic mass is 9.57. The first-order valence-electron chi connectivity index (χ1n) is 6.00. The first-order chi connectivity index (χ1) is 8.02. The van der Waals surface area contributed by atoms with Gasteiger partial charge in [0.15, 0.2) is 0 Å². The molecular weight excluding hydrogens is 216 g/mol. The van der Waals surface area contributed by atoms with Crippen molar-refractivity contribution in [1.29, 1.82) is 0 Å².